The molecule has 0 fully saturated rings. The van der Waals surface area contributed by atoms with Gasteiger partial charge in [0.1, 0.15) is 6.54 Å². The van der Waals surface area contributed by atoms with Crippen molar-refractivity contribution >= 4 is 5.82 Å². The predicted octanol–water partition coefficient (Wildman–Crippen LogP) is 1.10. The van der Waals surface area contributed by atoms with Gasteiger partial charge in [-0.15, -0.1) is 5.10 Å². The summed E-state index contributed by atoms with van der Waals surface area (Å²) in [5.41, 5.74) is 6.93. The maximum atomic E-state index is 8.63. The lowest BCUT2D eigenvalue weighted by Crippen LogP contribution is -2.03. The molecular formula is C12H9N7O. The Morgan fingerprint density at radius 3 is 2.85 bits per heavy atom. The lowest BCUT2D eigenvalue weighted by Gasteiger charge is -1.94. The Bertz CT molecular complexity index is 769. The first-order valence-electron chi connectivity index (χ1n) is 5.75. The van der Waals surface area contributed by atoms with Gasteiger partial charge >= 0.3 is 0 Å². The molecule has 3 rings (SSSR count). The third-order valence-corrected chi connectivity index (χ3v) is 2.65. The number of rotatable bonds is 3. The van der Waals surface area contributed by atoms with Crippen LogP contribution < -0.4 is 5.73 Å². The van der Waals surface area contributed by atoms with E-state index in [1.807, 2.05) is 36.4 Å². The van der Waals surface area contributed by atoms with E-state index in [0.29, 0.717) is 5.82 Å². The average molecular weight is 267 g/mol. The van der Waals surface area contributed by atoms with Crippen molar-refractivity contribution in [2.75, 3.05) is 5.73 Å². The summed E-state index contributed by atoms with van der Waals surface area (Å²) >= 11 is 0. The monoisotopic (exact) mass is 267 g/mol. The Hall–Kier alpha value is -3.21. The number of aromatic nitrogens is 5. The number of nitrogen functional groups attached to an aromatic ring is 1. The highest BCUT2D eigenvalue weighted by Crippen LogP contribution is 2.24. The van der Waals surface area contributed by atoms with E-state index in [4.69, 9.17) is 15.5 Å². The van der Waals surface area contributed by atoms with E-state index in [1.165, 1.54) is 4.68 Å². The van der Waals surface area contributed by atoms with Crippen LogP contribution in [0.15, 0.2) is 34.9 Å². The molecule has 2 heterocycles. The molecule has 8 nitrogen and oxygen atoms in total. The van der Waals surface area contributed by atoms with Crippen LogP contribution >= 0.6 is 0 Å². The summed E-state index contributed by atoms with van der Waals surface area (Å²) in [4.78, 5) is 4.23. The Morgan fingerprint density at radius 1 is 1.30 bits per heavy atom. The number of hydrogen-bond donors (Lipinski definition) is 1. The maximum absolute atomic E-state index is 8.63. The summed E-state index contributed by atoms with van der Waals surface area (Å²) in [7, 11) is 0. The summed E-state index contributed by atoms with van der Waals surface area (Å²) in [6.45, 7) is 0.0124. The van der Waals surface area contributed by atoms with Crippen molar-refractivity contribution in [1.82, 2.24) is 25.1 Å². The minimum atomic E-state index is 0.0124. The van der Waals surface area contributed by atoms with Gasteiger partial charge in [-0.05, 0) is 0 Å². The maximum Gasteiger partial charge on any atom is 0.282 e. The first kappa shape index (κ1) is 11.9. The van der Waals surface area contributed by atoms with Gasteiger partial charge in [-0.25, -0.2) is 4.68 Å². The second-order valence-corrected chi connectivity index (χ2v) is 3.93. The van der Waals surface area contributed by atoms with Gasteiger partial charge in [0.25, 0.3) is 5.89 Å². The van der Waals surface area contributed by atoms with Gasteiger partial charge in [-0.3, -0.25) is 0 Å². The molecule has 8 heteroatoms. The number of nitrogens with zero attached hydrogens (tertiary/aromatic N) is 6. The van der Waals surface area contributed by atoms with Crippen LogP contribution in [0.1, 0.15) is 0 Å². The molecular weight excluding hydrogens is 258 g/mol. The highest BCUT2D eigenvalue weighted by molar-refractivity contribution is 5.64. The minimum absolute atomic E-state index is 0.0124. The van der Waals surface area contributed by atoms with Gasteiger partial charge in [-0.2, -0.15) is 10.2 Å². The van der Waals surface area contributed by atoms with E-state index in [9.17, 15) is 0 Å². The highest BCUT2D eigenvalue weighted by Gasteiger charge is 2.18. The molecule has 0 aliphatic rings. The van der Waals surface area contributed by atoms with Crippen molar-refractivity contribution < 1.29 is 4.52 Å². The van der Waals surface area contributed by atoms with Crippen LogP contribution in [-0.4, -0.2) is 25.1 Å². The Labute approximate surface area is 113 Å². The van der Waals surface area contributed by atoms with Crippen LogP contribution in [0, 0.1) is 11.3 Å². The van der Waals surface area contributed by atoms with Gasteiger partial charge < -0.3 is 10.3 Å². The normalized spacial score (nSPS) is 10.3. The number of anilines is 1. The Balaban J connectivity index is 1.97. The zero-order valence-electron chi connectivity index (χ0n) is 10.3. The standard InChI is InChI=1S/C12H9N7O/c13-6-7-19-10(14)9(16-18-19)12-15-11(17-20-12)8-4-2-1-3-5-8/h1-5H,7,14H2. The molecule has 2 N–H and O–H groups in total. The lowest BCUT2D eigenvalue weighted by molar-refractivity contribution is 0.431. The number of benzene rings is 1. The van der Waals surface area contributed by atoms with Crippen LogP contribution in [0.3, 0.4) is 0 Å². The van der Waals surface area contributed by atoms with Gasteiger partial charge in [0, 0.05) is 5.56 Å². The van der Waals surface area contributed by atoms with Gasteiger partial charge in [-0.1, -0.05) is 40.7 Å². The summed E-state index contributed by atoms with van der Waals surface area (Å²) in [6, 6.07) is 11.3. The van der Waals surface area contributed by atoms with E-state index < -0.39 is 0 Å². The smallest absolute Gasteiger partial charge is 0.282 e. The summed E-state index contributed by atoms with van der Waals surface area (Å²) in [5.74, 6) is 0.829. The van der Waals surface area contributed by atoms with Crippen LogP contribution in [-0.2, 0) is 6.54 Å². The highest BCUT2D eigenvalue weighted by atomic mass is 16.5. The van der Waals surface area contributed by atoms with Crippen LogP contribution in [0.5, 0.6) is 0 Å². The number of hydrogen-bond acceptors (Lipinski definition) is 7. The van der Waals surface area contributed by atoms with E-state index in [2.05, 4.69) is 20.5 Å². The molecule has 20 heavy (non-hydrogen) atoms. The van der Waals surface area contributed by atoms with Gasteiger partial charge in [0.2, 0.25) is 5.82 Å². The molecule has 3 aromatic rings. The Morgan fingerprint density at radius 2 is 2.10 bits per heavy atom. The zero-order valence-corrected chi connectivity index (χ0v) is 10.3. The van der Waals surface area contributed by atoms with Crippen LogP contribution in [0.25, 0.3) is 23.0 Å². The van der Waals surface area contributed by atoms with Crippen LogP contribution in [0.4, 0.5) is 5.82 Å². The zero-order chi connectivity index (χ0) is 13.9. The van der Waals surface area contributed by atoms with Crippen molar-refractivity contribution in [3.63, 3.8) is 0 Å². The largest absolute Gasteiger partial charge is 0.382 e. The fraction of sp³-hybridized carbons (Fsp3) is 0.0833. The van der Waals surface area contributed by atoms with Crippen molar-refractivity contribution in [2.45, 2.75) is 6.54 Å². The summed E-state index contributed by atoms with van der Waals surface area (Å²) < 4.78 is 6.40. The fourth-order valence-electron chi connectivity index (χ4n) is 1.68. The molecule has 0 radical (unpaired) electrons. The van der Waals surface area contributed by atoms with Crippen molar-refractivity contribution in [3.05, 3.63) is 30.3 Å². The molecule has 0 aliphatic heterocycles. The van der Waals surface area contributed by atoms with Crippen molar-refractivity contribution in [2.24, 2.45) is 0 Å². The molecule has 0 aliphatic carbocycles. The van der Waals surface area contributed by atoms with Crippen molar-refractivity contribution in [1.29, 1.82) is 5.26 Å². The average Bonchev–Trinajstić information content (AvgIpc) is 3.08. The van der Waals surface area contributed by atoms with Gasteiger partial charge in [0.15, 0.2) is 11.5 Å². The molecule has 0 amide bonds. The second-order valence-electron chi connectivity index (χ2n) is 3.93. The molecule has 0 atom stereocenters. The first-order valence-corrected chi connectivity index (χ1v) is 5.75. The molecule has 0 saturated heterocycles. The molecule has 98 valence electrons. The van der Waals surface area contributed by atoms with E-state index in [0.717, 1.165) is 5.56 Å². The van der Waals surface area contributed by atoms with Crippen molar-refractivity contribution in [3.8, 4) is 29.0 Å². The molecule has 0 bridgehead atoms. The fourth-order valence-corrected chi connectivity index (χ4v) is 1.68. The third kappa shape index (κ3) is 1.97. The van der Waals surface area contributed by atoms with Gasteiger partial charge in [0.05, 0.1) is 6.07 Å². The van der Waals surface area contributed by atoms with E-state index in [1.54, 1.807) is 0 Å². The lowest BCUT2D eigenvalue weighted by atomic mass is 10.2. The molecule has 0 unspecified atom stereocenters. The predicted molar refractivity (Wildman–Crippen MR) is 68.8 cm³/mol. The van der Waals surface area contributed by atoms with E-state index in [-0.39, 0.29) is 23.9 Å². The summed E-state index contributed by atoms with van der Waals surface area (Å²) in [5, 5.41) is 20.1. The topological polar surface area (TPSA) is 119 Å². The first-order chi connectivity index (χ1) is 9.79. The van der Waals surface area contributed by atoms with Crippen LogP contribution in [0.2, 0.25) is 0 Å². The summed E-state index contributed by atoms with van der Waals surface area (Å²) in [6.07, 6.45) is 0. The Kier molecular flexibility index (Phi) is 2.85. The number of nitrogens with two attached hydrogens (primary N) is 1. The number of nitriles is 1. The minimum Gasteiger partial charge on any atom is -0.382 e. The molecule has 1 aromatic carbocycles. The second kappa shape index (κ2) is 4.81. The molecule has 0 saturated carbocycles. The SMILES string of the molecule is N#CCn1nnc(-c2nc(-c3ccccc3)no2)c1N. The third-order valence-electron chi connectivity index (χ3n) is 2.65. The molecule has 0 spiro atoms. The quantitative estimate of drug-likeness (QED) is 0.754. The molecule has 2 aromatic heterocycles. The van der Waals surface area contributed by atoms with E-state index >= 15 is 0 Å².